The van der Waals surface area contributed by atoms with Crippen LogP contribution < -0.4 is 0 Å². The van der Waals surface area contributed by atoms with E-state index in [0.29, 0.717) is 0 Å². The Balaban J connectivity index is 3.06. The van der Waals surface area contributed by atoms with Crippen LogP contribution in [0.2, 0.25) is 0 Å². The van der Waals surface area contributed by atoms with Gasteiger partial charge in [0.2, 0.25) is 0 Å². The zero-order chi connectivity index (χ0) is 11.3. The third-order valence-electron chi connectivity index (χ3n) is 2.77. The van der Waals surface area contributed by atoms with Gasteiger partial charge in [0.25, 0.3) is 0 Å². The van der Waals surface area contributed by atoms with Gasteiger partial charge in [0, 0.05) is 5.57 Å². The van der Waals surface area contributed by atoms with E-state index >= 15 is 0 Å². The van der Waals surface area contributed by atoms with E-state index in [1.54, 1.807) is 0 Å². The monoisotopic (exact) mass is 200 g/mol. The number of hydrogen-bond donors (Lipinski definition) is 0. The summed E-state index contributed by atoms with van der Waals surface area (Å²) in [6.45, 7) is 8.60. The van der Waals surface area contributed by atoms with Gasteiger partial charge in [-0.15, -0.1) is 5.73 Å². The topological polar surface area (TPSA) is 0 Å². The smallest absolute Gasteiger partial charge is 0.000592 e. The highest BCUT2D eigenvalue weighted by atomic mass is 14.1. The number of rotatable bonds is 2. The maximum absolute atomic E-state index is 3.41. The normalized spacial score (nSPS) is 17.6. The first-order valence-electron chi connectivity index (χ1n) is 5.55. The third kappa shape index (κ3) is 3.42. The van der Waals surface area contributed by atoms with E-state index in [9.17, 15) is 0 Å². The molecular formula is C15H20. The quantitative estimate of drug-likeness (QED) is 0.447. The molecule has 0 aliphatic heterocycles. The lowest BCUT2D eigenvalue weighted by Gasteiger charge is -2.09. The van der Waals surface area contributed by atoms with Gasteiger partial charge >= 0.3 is 0 Å². The minimum absolute atomic E-state index is 0.989. The van der Waals surface area contributed by atoms with Gasteiger partial charge in [-0.1, -0.05) is 23.8 Å². The molecule has 0 heteroatoms. The van der Waals surface area contributed by atoms with Gasteiger partial charge < -0.3 is 0 Å². The van der Waals surface area contributed by atoms with Crippen molar-refractivity contribution in [1.82, 2.24) is 0 Å². The second kappa shape index (κ2) is 5.58. The molecule has 1 aliphatic rings. The summed E-state index contributed by atoms with van der Waals surface area (Å²) in [6.07, 6.45) is 10.7. The predicted molar refractivity (Wildman–Crippen MR) is 67.8 cm³/mol. The summed E-state index contributed by atoms with van der Waals surface area (Å²) in [5.74, 6) is 0. The molecule has 0 unspecified atom stereocenters. The Bertz CT molecular complexity index is 380. The van der Waals surface area contributed by atoms with Gasteiger partial charge in [0.1, 0.15) is 0 Å². The van der Waals surface area contributed by atoms with E-state index in [1.807, 2.05) is 0 Å². The molecule has 0 nitrogen and oxygen atoms in total. The zero-order valence-electron chi connectivity index (χ0n) is 10.2. The van der Waals surface area contributed by atoms with E-state index in [-0.39, 0.29) is 0 Å². The van der Waals surface area contributed by atoms with Crippen LogP contribution >= 0.6 is 0 Å². The van der Waals surface area contributed by atoms with Gasteiger partial charge in [-0.2, -0.15) is 0 Å². The Morgan fingerprint density at radius 1 is 1.33 bits per heavy atom. The van der Waals surface area contributed by atoms with Gasteiger partial charge in [-0.3, -0.25) is 0 Å². The fraction of sp³-hybridized carbons (Fsp3) is 0.400. The number of hydrogen-bond acceptors (Lipinski definition) is 0. The van der Waals surface area contributed by atoms with Crippen LogP contribution in [0.4, 0.5) is 0 Å². The van der Waals surface area contributed by atoms with Crippen molar-refractivity contribution in [3.63, 3.8) is 0 Å². The summed E-state index contributed by atoms with van der Waals surface area (Å²) in [5.41, 5.74) is 8.86. The van der Waals surface area contributed by atoms with Crippen molar-refractivity contribution in [3.05, 3.63) is 52.3 Å². The second-order valence-electron chi connectivity index (χ2n) is 4.10. The Morgan fingerprint density at radius 2 is 2.07 bits per heavy atom. The largest absolute Gasteiger partial charge is 0.121 e. The van der Waals surface area contributed by atoms with E-state index in [1.165, 1.54) is 22.3 Å². The first-order chi connectivity index (χ1) is 7.15. The highest BCUT2D eigenvalue weighted by Gasteiger charge is 2.02. The van der Waals surface area contributed by atoms with Crippen molar-refractivity contribution in [3.8, 4) is 0 Å². The summed E-state index contributed by atoms with van der Waals surface area (Å²) in [7, 11) is 0. The predicted octanol–water partition coefficient (Wildman–Crippen LogP) is 4.72. The van der Waals surface area contributed by atoms with Crippen LogP contribution in [0, 0.1) is 0 Å². The van der Waals surface area contributed by atoms with Crippen LogP contribution in [0.3, 0.4) is 0 Å². The Kier molecular flexibility index (Phi) is 4.39. The van der Waals surface area contributed by atoms with Crippen LogP contribution in [-0.4, -0.2) is 0 Å². The average molecular weight is 200 g/mol. The molecule has 0 saturated heterocycles. The first-order valence-corrected chi connectivity index (χ1v) is 5.55. The Morgan fingerprint density at radius 3 is 2.73 bits per heavy atom. The molecule has 0 atom stereocenters. The molecule has 0 N–H and O–H groups in total. The highest BCUT2D eigenvalue weighted by molar-refractivity contribution is 5.41. The zero-order valence-corrected chi connectivity index (χ0v) is 10.2. The third-order valence-corrected chi connectivity index (χ3v) is 2.77. The van der Waals surface area contributed by atoms with Crippen molar-refractivity contribution in [2.45, 2.75) is 40.5 Å². The minimum atomic E-state index is 0.989. The van der Waals surface area contributed by atoms with Crippen LogP contribution in [0.5, 0.6) is 0 Å². The molecule has 1 aliphatic carbocycles. The lowest BCUT2D eigenvalue weighted by Crippen LogP contribution is -1.90. The maximum Gasteiger partial charge on any atom is 0.000592 e. The fourth-order valence-electron chi connectivity index (χ4n) is 1.67. The van der Waals surface area contributed by atoms with Crippen molar-refractivity contribution < 1.29 is 0 Å². The summed E-state index contributed by atoms with van der Waals surface area (Å²) < 4.78 is 0. The van der Waals surface area contributed by atoms with Gasteiger partial charge in [0.15, 0.2) is 0 Å². The van der Waals surface area contributed by atoms with Crippen molar-refractivity contribution >= 4 is 0 Å². The molecule has 0 bridgehead atoms. The van der Waals surface area contributed by atoms with Crippen molar-refractivity contribution in [1.29, 1.82) is 0 Å². The van der Waals surface area contributed by atoms with E-state index in [0.717, 1.165) is 12.8 Å². The van der Waals surface area contributed by atoms with Crippen LogP contribution in [-0.2, 0) is 0 Å². The molecule has 0 saturated carbocycles. The molecule has 80 valence electrons. The molecule has 1 rings (SSSR count). The van der Waals surface area contributed by atoms with E-state index in [2.05, 4.69) is 57.7 Å². The highest BCUT2D eigenvalue weighted by Crippen LogP contribution is 2.21. The first kappa shape index (κ1) is 11.8. The molecule has 0 spiro atoms. The lowest BCUT2D eigenvalue weighted by atomic mass is 9.96. The maximum atomic E-state index is 3.41. The molecule has 0 aromatic rings. The van der Waals surface area contributed by atoms with Crippen LogP contribution in [0.15, 0.2) is 52.3 Å². The van der Waals surface area contributed by atoms with Gasteiger partial charge in [-0.25, -0.2) is 0 Å². The summed E-state index contributed by atoms with van der Waals surface area (Å²) in [6, 6.07) is 0. The van der Waals surface area contributed by atoms with E-state index < -0.39 is 0 Å². The lowest BCUT2D eigenvalue weighted by molar-refractivity contribution is 1.13. The minimum Gasteiger partial charge on any atom is -0.121 e. The molecule has 0 aromatic heterocycles. The van der Waals surface area contributed by atoms with Gasteiger partial charge in [0.05, 0.1) is 0 Å². The van der Waals surface area contributed by atoms with Gasteiger partial charge in [-0.05, 0) is 57.8 Å². The van der Waals surface area contributed by atoms with Crippen LogP contribution in [0.25, 0.3) is 0 Å². The molecular weight excluding hydrogens is 180 g/mol. The summed E-state index contributed by atoms with van der Waals surface area (Å²) in [4.78, 5) is 0. The summed E-state index contributed by atoms with van der Waals surface area (Å²) >= 11 is 0. The molecule has 0 amide bonds. The van der Waals surface area contributed by atoms with E-state index in [4.69, 9.17) is 0 Å². The second-order valence-corrected chi connectivity index (χ2v) is 4.10. The fourth-order valence-corrected chi connectivity index (χ4v) is 1.67. The molecule has 0 heterocycles. The number of allylic oxidation sites excluding steroid dienone is 7. The standard InChI is InChI=1S/C15H20/c1-5-6-9-15-10-7-8-12(2)11-13(3)14(15)4/h5-7,11H,8-9H2,1-4H3. The molecule has 0 aromatic carbocycles. The Labute approximate surface area is 93.4 Å². The Hall–Kier alpha value is -1.26. The average Bonchev–Trinajstić information content (AvgIpc) is 2.20. The van der Waals surface area contributed by atoms with Crippen molar-refractivity contribution in [2.75, 3.05) is 0 Å². The molecule has 0 fully saturated rings. The molecule has 0 radical (unpaired) electrons. The van der Waals surface area contributed by atoms with Crippen molar-refractivity contribution in [2.24, 2.45) is 0 Å². The van der Waals surface area contributed by atoms with Crippen LogP contribution in [0.1, 0.15) is 40.5 Å². The SMILES string of the molecule is CC=CCC1=C=CCC(C)=CC(C)=C1C. The molecule has 15 heavy (non-hydrogen) atoms. The summed E-state index contributed by atoms with van der Waals surface area (Å²) in [5, 5.41) is 0.